The van der Waals surface area contributed by atoms with Gasteiger partial charge in [0, 0.05) is 29.2 Å². The van der Waals surface area contributed by atoms with E-state index in [2.05, 4.69) is 46.8 Å². The number of rotatable bonds is 6. The molecule has 0 fully saturated rings. The maximum absolute atomic E-state index is 5.36. The Hall–Kier alpha value is -2.26. The summed E-state index contributed by atoms with van der Waals surface area (Å²) >= 11 is 0. The SMILES string of the molecule is COc1ccccc1CNCCc1c[nH]c2ccccc12. The Kier molecular flexibility index (Phi) is 4.22. The number of nitrogens with one attached hydrogen (secondary N) is 2. The van der Waals surface area contributed by atoms with Gasteiger partial charge in [0.1, 0.15) is 5.75 Å². The molecule has 108 valence electrons. The number of benzene rings is 2. The molecule has 0 saturated carbocycles. The zero-order valence-electron chi connectivity index (χ0n) is 12.2. The second kappa shape index (κ2) is 6.46. The van der Waals surface area contributed by atoms with Gasteiger partial charge in [0.05, 0.1) is 7.11 Å². The zero-order valence-corrected chi connectivity index (χ0v) is 12.2. The number of H-pyrrole nitrogens is 1. The predicted molar refractivity (Wildman–Crippen MR) is 86.7 cm³/mol. The Morgan fingerprint density at radius 2 is 1.81 bits per heavy atom. The van der Waals surface area contributed by atoms with Crippen LogP contribution in [0.5, 0.6) is 5.75 Å². The van der Waals surface area contributed by atoms with Crippen molar-refractivity contribution >= 4 is 10.9 Å². The minimum absolute atomic E-state index is 0.826. The molecule has 0 unspecified atom stereocenters. The maximum Gasteiger partial charge on any atom is 0.123 e. The van der Waals surface area contributed by atoms with Crippen LogP contribution in [0.1, 0.15) is 11.1 Å². The van der Waals surface area contributed by atoms with Gasteiger partial charge in [0.25, 0.3) is 0 Å². The third-order valence-electron chi connectivity index (χ3n) is 3.75. The lowest BCUT2D eigenvalue weighted by atomic mass is 10.1. The topological polar surface area (TPSA) is 37.0 Å². The van der Waals surface area contributed by atoms with Crippen molar-refractivity contribution in [1.82, 2.24) is 10.3 Å². The number of ether oxygens (including phenoxy) is 1. The first kappa shape index (κ1) is 13.7. The van der Waals surface area contributed by atoms with Crippen molar-refractivity contribution in [2.24, 2.45) is 0 Å². The molecule has 0 radical (unpaired) electrons. The number of para-hydroxylation sites is 2. The van der Waals surface area contributed by atoms with Crippen LogP contribution in [-0.2, 0) is 13.0 Å². The minimum Gasteiger partial charge on any atom is -0.496 e. The summed E-state index contributed by atoms with van der Waals surface area (Å²) in [6, 6.07) is 16.6. The molecule has 0 aliphatic rings. The number of aromatic amines is 1. The molecule has 3 rings (SSSR count). The normalized spacial score (nSPS) is 10.9. The molecular weight excluding hydrogens is 260 g/mol. The number of hydrogen-bond donors (Lipinski definition) is 2. The second-order valence-corrected chi connectivity index (χ2v) is 5.10. The average Bonchev–Trinajstić information content (AvgIpc) is 2.95. The van der Waals surface area contributed by atoms with Gasteiger partial charge in [-0.25, -0.2) is 0 Å². The first-order chi connectivity index (χ1) is 10.4. The highest BCUT2D eigenvalue weighted by molar-refractivity contribution is 5.83. The van der Waals surface area contributed by atoms with E-state index in [4.69, 9.17) is 4.74 Å². The van der Waals surface area contributed by atoms with Gasteiger partial charge in [0.15, 0.2) is 0 Å². The summed E-state index contributed by atoms with van der Waals surface area (Å²) in [5, 5.41) is 4.80. The quantitative estimate of drug-likeness (QED) is 0.678. The summed E-state index contributed by atoms with van der Waals surface area (Å²) < 4.78 is 5.36. The highest BCUT2D eigenvalue weighted by Crippen LogP contribution is 2.18. The first-order valence-corrected chi connectivity index (χ1v) is 7.26. The third-order valence-corrected chi connectivity index (χ3v) is 3.75. The lowest BCUT2D eigenvalue weighted by molar-refractivity contribution is 0.408. The van der Waals surface area contributed by atoms with Crippen molar-refractivity contribution in [1.29, 1.82) is 0 Å². The van der Waals surface area contributed by atoms with Crippen molar-refractivity contribution in [3.8, 4) is 5.75 Å². The fraction of sp³-hybridized carbons (Fsp3) is 0.222. The molecule has 0 bridgehead atoms. The van der Waals surface area contributed by atoms with Gasteiger partial charge in [-0.15, -0.1) is 0 Å². The molecule has 0 aliphatic heterocycles. The Labute approximate surface area is 125 Å². The number of fused-ring (bicyclic) bond motifs is 1. The van der Waals surface area contributed by atoms with E-state index in [0.717, 1.165) is 25.3 Å². The van der Waals surface area contributed by atoms with Crippen LogP contribution in [0.4, 0.5) is 0 Å². The van der Waals surface area contributed by atoms with Crippen LogP contribution in [-0.4, -0.2) is 18.6 Å². The number of methoxy groups -OCH3 is 1. The lowest BCUT2D eigenvalue weighted by Gasteiger charge is -2.09. The Balaban J connectivity index is 1.57. The molecule has 3 aromatic rings. The molecular formula is C18H20N2O. The van der Waals surface area contributed by atoms with Crippen LogP contribution in [0.25, 0.3) is 10.9 Å². The van der Waals surface area contributed by atoms with Gasteiger partial charge in [0.2, 0.25) is 0 Å². The Morgan fingerprint density at radius 1 is 1.00 bits per heavy atom. The zero-order chi connectivity index (χ0) is 14.5. The van der Waals surface area contributed by atoms with Gasteiger partial charge in [-0.1, -0.05) is 36.4 Å². The predicted octanol–water partition coefficient (Wildman–Crippen LogP) is 3.51. The molecule has 1 aromatic heterocycles. The maximum atomic E-state index is 5.36. The molecule has 21 heavy (non-hydrogen) atoms. The number of hydrogen-bond acceptors (Lipinski definition) is 2. The average molecular weight is 280 g/mol. The van der Waals surface area contributed by atoms with Gasteiger partial charge in [-0.3, -0.25) is 0 Å². The standard InChI is InChI=1S/C18H20N2O/c1-21-18-9-5-2-6-15(18)12-19-11-10-14-13-20-17-8-4-3-7-16(14)17/h2-9,13,19-20H,10-12H2,1H3. The van der Waals surface area contributed by atoms with Crippen molar-refractivity contribution in [2.75, 3.05) is 13.7 Å². The fourth-order valence-corrected chi connectivity index (χ4v) is 2.63. The second-order valence-electron chi connectivity index (χ2n) is 5.10. The highest BCUT2D eigenvalue weighted by Gasteiger charge is 2.03. The molecule has 3 nitrogen and oxygen atoms in total. The minimum atomic E-state index is 0.826. The van der Waals surface area contributed by atoms with Crippen LogP contribution in [0.3, 0.4) is 0 Å². The summed E-state index contributed by atoms with van der Waals surface area (Å²) in [7, 11) is 1.71. The van der Waals surface area contributed by atoms with E-state index >= 15 is 0 Å². The Morgan fingerprint density at radius 3 is 2.71 bits per heavy atom. The molecule has 0 amide bonds. The summed E-state index contributed by atoms with van der Waals surface area (Å²) in [6.45, 7) is 1.77. The van der Waals surface area contributed by atoms with E-state index in [9.17, 15) is 0 Å². The molecule has 2 aromatic carbocycles. The summed E-state index contributed by atoms with van der Waals surface area (Å²) in [4.78, 5) is 3.32. The van der Waals surface area contributed by atoms with Gasteiger partial charge >= 0.3 is 0 Å². The first-order valence-electron chi connectivity index (χ1n) is 7.26. The summed E-state index contributed by atoms with van der Waals surface area (Å²) in [6.07, 6.45) is 3.12. The van der Waals surface area contributed by atoms with Crippen molar-refractivity contribution < 1.29 is 4.74 Å². The van der Waals surface area contributed by atoms with E-state index in [1.54, 1.807) is 7.11 Å². The van der Waals surface area contributed by atoms with E-state index in [1.165, 1.54) is 22.0 Å². The lowest BCUT2D eigenvalue weighted by Crippen LogP contribution is -2.17. The van der Waals surface area contributed by atoms with Crippen LogP contribution in [0.15, 0.2) is 54.7 Å². The third kappa shape index (κ3) is 3.09. The van der Waals surface area contributed by atoms with E-state index in [0.29, 0.717) is 0 Å². The van der Waals surface area contributed by atoms with Crippen LogP contribution >= 0.6 is 0 Å². The molecule has 1 heterocycles. The molecule has 2 N–H and O–H groups in total. The van der Waals surface area contributed by atoms with Crippen LogP contribution in [0.2, 0.25) is 0 Å². The fourth-order valence-electron chi connectivity index (χ4n) is 2.63. The summed E-state index contributed by atoms with van der Waals surface area (Å²) in [5.74, 6) is 0.942. The van der Waals surface area contributed by atoms with Crippen LogP contribution in [0, 0.1) is 0 Å². The molecule has 0 spiro atoms. The van der Waals surface area contributed by atoms with E-state index in [1.807, 2.05) is 18.2 Å². The van der Waals surface area contributed by atoms with Gasteiger partial charge < -0.3 is 15.0 Å². The Bertz CT molecular complexity index is 718. The monoisotopic (exact) mass is 280 g/mol. The van der Waals surface area contributed by atoms with Crippen molar-refractivity contribution in [3.05, 3.63) is 65.9 Å². The summed E-state index contributed by atoms with van der Waals surface area (Å²) in [5.41, 5.74) is 3.76. The molecule has 3 heteroatoms. The number of aromatic nitrogens is 1. The largest absolute Gasteiger partial charge is 0.496 e. The van der Waals surface area contributed by atoms with Crippen LogP contribution < -0.4 is 10.1 Å². The smallest absolute Gasteiger partial charge is 0.123 e. The molecule has 0 saturated heterocycles. The molecule has 0 atom stereocenters. The van der Waals surface area contributed by atoms with Gasteiger partial charge in [-0.2, -0.15) is 0 Å². The van der Waals surface area contributed by atoms with Crippen molar-refractivity contribution in [2.45, 2.75) is 13.0 Å². The van der Waals surface area contributed by atoms with E-state index in [-0.39, 0.29) is 0 Å². The van der Waals surface area contributed by atoms with E-state index < -0.39 is 0 Å². The van der Waals surface area contributed by atoms with Gasteiger partial charge in [-0.05, 0) is 30.7 Å². The molecule has 0 aliphatic carbocycles. The van der Waals surface area contributed by atoms with Crippen molar-refractivity contribution in [3.63, 3.8) is 0 Å². The highest BCUT2D eigenvalue weighted by atomic mass is 16.5.